The average Bonchev–Trinajstić information content (AvgIpc) is 2.89. The zero-order valence-electron chi connectivity index (χ0n) is 20.4. The van der Waals surface area contributed by atoms with Crippen molar-refractivity contribution in [2.45, 2.75) is 36.6 Å². The summed E-state index contributed by atoms with van der Waals surface area (Å²) < 4.78 is 27.4. The van der Waals surface area contributed by atoms with Gasteiger partial charge in [0.05, 0.1) is 4.90 Å². The lowest BCUT2D eigenvalue weighted by atomic mass is 9.97. The van der Waals surface area contributed by atoms with Crippen LogP contribution in [0.2, 0.25) is 0 Å². The maximum atomic E-state index is 13.0. The largest absolute Gasteiger partial charge is 0.377 e. The number of hydrogen-bond acceptors (Lipinski definition) is 6. The zero-order valence-corrected chi connectivity index (χ0v) is 21.2. The Labute approximate surface area is 207 Å². The number of hydroxylamine groups is 1. The number of carbonyl (C=O) groups is 1. The number of sulfonamides is 1. The van der Waals surface area contributed by atoms with Crippen LogP contribution in [-0.2, 0) is 14.8 Å². The molecule has 9 heteroatoms. The van der Waals surface area contributed by atoms with Crippen molar-refractivity contribution in [1.29, 1.82) is 0 Å². The highest BCUT2D eigenvalue weighted by atomic mass is 32.2. The first-order valence-electron chi connectivity index (χ1n) is 12.0. The lowest BCUT2D eigenvalue weighted by Gasteiger charge is -2.35. The normalized spacial score (nSPS) is 21.5. The number of nitrogens with zero attached hydrogens (tertiary/aromatic N) is 3. The van der Waals surface area contributed by atoms with Gasteiger partial charge in [0, 0.05) is 38.0 Å². The fourth-order valence-corrected chi connectivity index (χ4v) is 6.14. The number of likely N-dealkylation sites (tertiary alicyclic amines) is 1. The van der Waals surface area contributed by atoms with E-state index in [9.17, 15) is 13.2 Å². The van der Waals surface area contributed by atoms with Crippen LogP contribution in [0.1, 0.15) is 31.2 Å². The number of amides is 1. The fourth-order valence-electron chi connectivity index (χ4n) is 4.75. The van der Waals surface area contributed by atoms with E-state index < -0.39 is 15.9 Å². The van der Waals surface area contributed by atoms with Gasteiger partial charge in [0.1, 0.15) is 0 Å². The molecule has 0 aromatic heterocycles. The van der Waals surface area contributed by atoms with Gasteiger partial charge in [-0.2, -0.15) is 4.31 Å². The third kappa shape index (κ3) is 5.92. The molecule has 2 aliphatic heterocycles. The number of piperidine rings is 1. The topological polar surface area (TPSA) is 93.2 Å². The van der Waals surface area contributed by atoms with E-state index in [0.29, 0.717) is 11.6 Å². The van der Waals surface area contributed by atoms with Crippen molar-refractivity contribution in [3.8, 4) is 0 Å². The van der Waals surface area contributed by atoms with E-state index in [0.717, 1.165) is 30.6 Å². The van der Waals surface area contributed by atoms with Gasteiger partial charge >= 0.3 is 0 Å². The van der Waals surface area contributed by atoms with Gasteiger partial charge in [-0.3, -0.25) is 10.0 Å². The Morgan fingerprint density at radius 1 is 1.11 bits per heavy atom. The summed E-state index contributed by atoms with van der Waals surface area (Å²) in [6, 6.07) is 7.54. The summed E-state index contributed by atoms with van der Waals surface area (Å²) in [6.07, 6.45) is 13.7. The van der Waals surface area contributed by atoms with Crippen LogP contribution >= 0.6 is 0 Å². The maximum absolute atomic E-state index is 13.0. The van der Waals surface area contributed by atoms with Crippen LogP contribution in [0.5, 0.6) is 0 Å². The van der Waals surface area contributed by atoms with Crippen molar-refractivity contribution < 1.29 is 18.4 Å². The molecule has 0 bridgehead atoms. The summed E-state index contributed by atoms with van der Waals surface area (Å²) in [4.78, 5) is 16.5. The van der Waals surface area contributed by atoms with Crippen molar-refractivity contribution in [2.75, 3.05) is 40.3 Å². The fraction of sp³-hybridized carbons (Fsp3) is 0.423. The molecule has 2 N–H and O–H groups in total. The molecule has 2 heterocycles. The summed E-state index contributed by atoms with van der Waals surface area (Å²) in [7, 11) is 0.675. The quantitative estimate of drug-likeness (QED) is 0.463. The first kappa shape index (κ1) is 25.4. The van der Waals surface area contributed by atoms with Gasteiger partial charge in [-0.1, -0.05) is 36.4 Å². The summed E-state index contributed by atoms with van der Waals surface area (Å²) in [5, 5.41) is 8.75. The highest BCUT2D eigenvalue weighted by molar-refractivity contribution is 7.89. The van der Waals surface area contributed by atoms with Gasteiger partial charge in [-0.05, 0) is 74.7 Å². The van der Waals surface area contributed by atoms with Crippen LogP contribution in [0, 0.1) is 0 Å². The number of allylic oxidation sites excluding steroid dienone is 5. The molecule has 4 rings (SSSR count). The molecule has 188 valence electrons. The predicted octanol–water partition coefficient (Wildman–Crippen LogP) is 2.77. The van der Waals surface area contributed by atoms with E-state index in [2.05, 4.69) is 48.3 Å². The SMILES string of the molecule is CN1CCC(N(C)C=C2C=CC(c3ccc(S(=O)(=O)N4CC=C(C(=O)NO)CC4)cc3)=CC2)CC1. The first-order chi connectivity index (χ1) is 16.8. The van der Waals surface area contributed by atoms with E-state index in [1.165, 1.54) is 28.8 Å². The van der Waals surface area contributed by atoms with Crippen LogP contribution in [0.25, 0.3) is 5.57 Å². The molecule has 0 spiro atoms. The minimum atomic E-state index is -3.66. The van der Waals surface area contributed by atoms with Crippen molar-refractivity contribution in [2.24, 2.45) is 0 Å². The standard InChI is InChI=1S/C26H34N4O4S/c1-28-15-13-24(14-16-28)29(2)19-20-3-5-21(6-4-20)22-7-9-25(10-8-22)35(33,34)30-17-11-23(12-18-30)26(31)27-32/h3,5-11,19,24,32H,4,12-18H2,1-2H3,(H,27,31). The molecule has 35 heavy (non-hydrogen) atoms. The smallest absolute Gasteiger partial charge is 0.270 e. The van der Waals surface area contributed by atoms with E-state index >= 15 is 0 Å². The monoisotopic (exact) mass is 498 g/mol. The van der Waals surface area contributed by atoms with Crippen LogP contribution < -0.4 is 5.48 Å². The second-order valence-electron chi connectivity index (χ2n) is 9.41. The third-order valence-electron chi connectivity index (χ3n) is 7.06. The van der Waals surface area contributed by atoms with Gasteiger partial charge in [0.25, 0.3) is 5.91 Å². The molecular weight excluding hydrogens is 464 g/mol. The van der Waals surface area contributed by atoms with E-state index in [4.69, 9.17) is 5.21 Å². The Hall–Kier alpha value is -2.72. The molecule has 0 radical (unpaired) electrons. The van der Waals surface area contributed by atoms with Crippen molar-refractivity contribution in [1.82, 2.24) is 19.6 Å². The lowest BCUT2D eigenvalue weighted by molar-refractivity contribution is -0.125. The second-order valence-corrected chi connectivity index (χ2v) is 11.3. The Morgan fingerprint density at radius 3 is 2.40 bits per heavy atom. The molecule has 0 saturated carbocycles. The summed E-state index contributed by atoms with van der Waals surface area (Å²) >= 11 is 0. The first-order valence-corrected chi connectivity index (χ1v) is 13.5. The van der Waals surface area contributed by atoms with Crippen LogP contribution in [-0.4, -0.2) is 80.0 Å². The Bertz CT molecular complexity index is 1160. The Balaban J connectivity index is 1.38. The zero-order chi connectivity index (χ0) is 25.0. The molecule has 3 aliphatic rings. The number of hydrogen-bond donors (Lipinski definition) is 2. The van der Waals surface area contributed by atoms with Gasteiger partial charge in [0.15, 0.2) is 0 Å². The van der Waals surface area contributed by atoms with Crippen molar-refractivity contribution in [3.05, 3.63) is 71.5 Å². The maximum Gasteiger partial charge on any atom is 0.270 e. The number of nitrogens with one attached hydrogen (secondary N) is 1. The molecule has 8 nitrogen and oxygen atoms in total. The third-order valence-corrected chi connectivity index (χ3v) is 8.94. The second kappa shape index (κ2) is 10.9. The molecule has 0 atom stereocenters. The minimum Gasteiger partial charge on any atom is -0.377 e. The van der Waals surface area contributed by atoms with E-state index in [1.807, 2.05) is 12.1 Å². The predicted molar refractivity (Wildman–Crippen MR) is 136 cm³/mol. The molecule has 0 unspecified atom stereocenters. The summed E-state index contributed by atoms with van der Waals surface area (Å²) in [5.74, 6) is -0.591. The van der Waals surface area contributed by atoms with E-state index in [1.54, 1.807) is 17.6 Å². The van der Waals surface area contributed by atoms with Gasteiger partial charge in [-0.15, -0.1) is 0 Å². The van der Waals surface area contributed by atoms with Gasteiger partial charge in [0.2, 0.25) is 10.0 Å². The number of rotatable bonds is 6. The van der Waals surface area contributed by atoms with Crippen molar-refractivity contribution >= 4 is 21.5 Å². The molecule has 1 aliphatic carbocycles. The summed E-state index contributed by atoms with van der Waals surface area (Å²) in [5.41, 5.74) is 5.30. The molecule has 1 saturated heterocycles. The molecule has 1 aromatic carbocycles. The average molecular weight is 499 g/mol. The van der Waals surface area contributed by atoms with Gasteiger partial charge in [-0.25, -0.2) is 13.9 Å². The lowest BCUT2D eigenvalue weighted by Crippen LogP contribution is -2.39. The molecule has 1 fully saturated rings. The molecular formula is C26H34N4O4S. The van der Waals surface area contributed by atoms with Crippen molar-refractivity contribution in [3.63, 3.8) is 0 Å². The van der Waals surface area contributed by atoms with E-state index in [-0.39, 0.29) is 24.4 Å². The molecule has 1 aromatic rings. The highest BCUT2D eigenvalue weighted by Crippen LogP contribution is 2.27. The van der Waals surface area contributed by atoms with Gasteiger partial charge < -0.3 is 9.80 Å². The van der Waals surface area contributed by atoms with Crippen LogP contribution in [0.15, 0.2) is 70.8 Å². The Kier molecular flexibility index (Phi) is 7.91. The van der Waals surface area contributed by atoms with Crippen LogP contribution in [0.4, 0.5) is 0 Å². The highest BCUT2D eigenvalue weighted by Gasteiger charge is 2.27. The number of benzene rings is 1. The molecule has 1 amide bonds. The van der Waals surface area contributed by atoms with Crippen LogP contribution in [0.3, 0.4) is 0 Å². The number of carbonyl (C=O) groups excluding carboxylic acids is 1. The Morgan fingerprint density at radius 2 is 1.83 bits per heavy atom. The summed E-state index contributed by atoms with van der Waals surface area (Å²) in [6.45, 7) is 2.57. The minimum absolute atomic E-state index is 0.0991.